The van der Waals surface area contributed by atoms with Crippen LogP contribution in [0.2, 0.25) is 0 Å². The van der Waals surface area contributed by atoms with E-state index in [0.29, 0.717) is 0 Å². The van der Waals surface area contributed by atoms with Crippen molar-refractivity contribution in [2.75, 3.05) is 5.73 Å². The SMILES string of the molecule is CCCCCCCCCCc1ccc2cccc3c4cccc5cc(N)cc(c1c23)c54. The number of unbranched alkanes of at least 4 members (excludes halogenated alkanes) is 7. The monoisotopic (exact) mass is 407 g/mol. The first-order valence-corrected chi connectivity index (χ1v) is 12.2. The molecule has 5 rings (SSSR count). The second kappa shape index (κ2) is 8.75. The van der Waals surface area contributed by atoms with Crippen LogP contribution in [0.15, 0.2) is 60.7 Å². The Morgan fingerprint density at radius 1 is 0.581 bits per heavy atom. The molecule has 0 aliphatic rings. The maximum atomic E-state index is 6.36. The third kappa shape index (κ3) is 3.71. The molecule has 0 radical (unpaired) electrons. The van der Waals surface area contributed by atoms with Crippen LogP contribution in [0.4, 0.5) is 5.69 Å². The molecule has 0 aliphatic heterocycles. The summed E-state index contributed by atoms with van der Waals surface area (Å²) in [7, 11) is 0. The first-order chi connectivity index (χ1) is 15.3. The van der Waals surface area contributed by atoms with Gasteiger partial charge in [-0.2, -0.15) is 0 Å². The molecule has 0 amide bonds. The summed E-state index contributed by atoms with van der Waals surface area (Å²) < 4.78 is 0. The number of nitrogen functional groups attached to an aromatic ring is 1. The highest BCUT2D eigenvalue weighted by Gasteiger charge is 2.15. The summed E-state index contributed by atoms with van der Waals surface area (Å²) in [5, 5.41) is 10.8. The number of fused-ring (bicyclic) bond motifs is 2. The zero-order chi connectivity index (χ0) is 21.2. The molecule has 0 atom stereocenters. The fraction of sp³-hybridized carbons (Fsp3) is 0.333. The van der Waals surface area contributed by atoms with Crippen LogP contribution in [0.1, 0.15) is 63.9 Å². The predicted molar refractivity (Wildman–Crippen MR) is 138 cm³/mol. The summed E-state index contributed by atoms with van der Waals surface area (Å²) in [5.41, 5.74) is 8.70. The van der Waals surface area contributed by atoms with Crippen molar-refractivity contribution in [3.63, 3.8) is 0 Å². The second-order valence-corrected chi connectivity index (χ2v) is 9.20. The van der Waals surface area contributed by atoms with Gasteiger partial charge in [-0.05, 0) is 73.6 Å². The van der Waals surface area contributed by atoms with Crippen LogP contribution in [-0.2, 0) is 6.42 Å². The molecule has 0 heterocycles. The van der Waals surface area contributed by atoms with E-state index in [1.54, 1.807) is 0 Å². The summed E-state index contributed by atoms with van der Waals surface area (Å²) in [6.07, 6.45) is 12.0. The first kappa shape index (κ1) is 20.1. The van der Waals surface area contributed by atoms with Crippen molar-refractivity contribution >= 4 is 48.8 Å². The van der Waals surface area contributed by atoms with E-state index in [0.717, 1.165) is 12.1 Å². The van der Waals surface area contributed by atoms with Gasteiger partial charge in [0.2, 0.25) is 0 Å². The Hall–Kier alpha value is -2.80. The summed E-state index contributed by atoms with van der Waals surface area (Å²) >= 11 is 0. The van der Waals surface area contributed by atoms with Gasteiger partial charge in [0.15, 0.2) is 0 Å². The Bertz CT molecular complexity index is 1330. The third-order valence-electron chi connectivity index (χ3n) is 6.99. The molecule has 1 heteroatoms. The molecule has 0 aliphatic carbocycles. The Morgan fingerprint density at radius 2 is 1.26 bits per heavy atom. The highest BCUT2D eigenvalue weighted by Crippen LogP contribution is 2.42. The van der Waals surface area contributed by atoms with Gasteiger partial charge in [0, 0.05) is 5.69 Å². The smallest absolute Gasteiger partial charge is 0.0326 e. The van der Waals surface area contributed by atoms with Crippen LogP contribution in [-0.4, -0.2) is 0 Å². The number of rotatable bonds is 9. The van der Waals surface area contributed by atoms with Crippen LogP contribution in [0.5, 0.6) is 0 Å². The van der Waals surface area contributed by atoms with E-state index >= 15 is 0 Å². The van der Waals surface area contributed by atoms with E-state index in [4.69, 9.17) is 5.73 Å². The van der Waals surface area contributed by atoms with Crippen molar-refractivity contribution < 1.29 is 0 Å². The summed E-state index contributed by atoms with van der Waals surface area (Å²) in [6.45, 7) is 2.29. The van der Waals surface area contributed by atoms with Crippen molar-refractivity contribution in [2.24, 2.45) is 0 Å². The normalized spacial score (nSPS) is 12.0. The van der Waals surface area contributed by atoms with Crippen LogP contribution in [0.25, 0.3) is 43.1 Å². The lowest BCUT2D eigenvalue weighted by Gasteiger charge is -2.18. The molecule has 0 saturated heterocycles. The molecule has 0 spiro atoms. The molecule has 5 aromatic rings. The number of anilines is 1. The highest BCUT2D eigenvalue weighted by atomic mass is 14.5. The molecule has 31 heavy (non-hydrogen) atoms. The van der Waals surface area contributed by atoms with E-state index in [2.05, 4.69) is 67.6 Å². The van der Waals surface area contributed by atoms with E-state index < -0.39 is 0 Å². The Morgan fingerprint density at radius 3 is 2.03 bits per heavy atom. The van der Waals surface area contributed by atoms with E-state index in [1.807, 2.05) is 0 Å². The maximum absolute atomic E-state index is 6.36. The predicted octanol–water partition coefficient (Wildman–Crippen LogP) is 9.00. The van der Waals surface area contributed by atoms with Crippen molar-refractivity contribution in [3.8, 4) is 0 Å². The molecule has 5 aromatic carbocycles. The molecule has 2 N–H and O–H groups in total. The van der Waals surface area contributed by atoms with E-state index in [-0.39, 0.29) is 0 Å². The van der Waals surface area contributed by atoms with Gasteiger partial charge in [-0.15, -0.1) is 0 Å². The lowest BCUT2D eigenvalue weighted by Crippen LogP contribution is -1.94. The van der Waals surface area contributed by atoms with Gasteiger partial charge in [-0.3, -0.25) is 0 Å². The molecule has 1 nitrogen and oxygen atoms in total. The standard InChI is InChI=1S/C30H33N/c1-2-3-4-5-6-7-8-9-12-21-17-18-22-13-10-16-26-25-15-11-14-23-19-24(31)20-27(28(23)25)30(21)29(22)26/h10-11,13-20H,2-9,12,31H2,1H3. The Labute approximate surface area is 185 Å². The summed E-state index contributed by atoms with van der Waals surface area (Å²) in [4.78, 5) is 0. The van der Waals surface area contributed by atoms with Crippen molar-refractivity contribution in [3.05, 3.63) is 66.2 Å². The largest absolute Gasteiger partial charge is 0.399 e. The average Bonchev–Trinajstić information content (AvgIpc) is 2.79. The minimum absolute atomic E-state index is 0.856. The van der Waals surface area contributed by atoms with Gasteiger partial charge in [0.05, 0.1) is 0 Å². The number of hydrogen-bond donors (Lipinski definition) is 1. The Kier molecular flexibility index (Phi) is 5.68. The average molecular weight is 408 g/mol. The highest BCUT2D eigenvalue weighted by molar-refractivity contribution is 6.33. The summed E-state index contributed by atoms with van der Waals surface area (Å²) in [6, 6.07) is 22.4. The maximum Gasteiger partial charge on any atom is 0.0326 e. The van der Waals surface area contributed by atoms with Crippen molar-refractivity contribution in [1.82, 2.24) is 0 Å². The van der Waals surface area contributed by atoms with E-state index in [1.165, 1.54) is 100 Å². The van der Waals surface area contributed by atoms with Crippen molar-refractivity contribution in [2.45, 2.75) is 64.7 Å². The number of benzene rings is 5. The lowest BCUT2D eigenvalue weighted by atomic mass is 9.86. The molecule has 0 saturated carbocycles. The topological polar surface area (TPSA) is 26.0 Å². The van der Waals surface area contributed by atoms with Crippen molar-refractivity contribution in [1.29, 1.82) is 0 Å². The lowest BCUT2D eigenvalue weighted by molar-refractivity contribution is 0.576. The summed E-state index contributed by atoms with van der Waals surface area (Å²) in [5.74, 6) is 0. The number of hydrogen-bond acceptors (Lipinski definition) is 1. The second-order valence-electron chi connectivity index (χ2n) is 9.20. The van der Waals surface area contributed by atoms with Crippen LogP contribution in [0, 0.1) is 0 Å². The van der Waals surface area contributed by atoms with Gasteiger partial charge in [-0.1, -0.05) is 100 Å². The molecular formula is C30H33N. The van der Waals surface area contributed by atoms with Gasteiger partial charge in [-0.25, -0.2) is 0 Å². The minimum Gasteiger partial charge on any atom is -0.399 e. The fourth-order valence-electron chi connectivity index (χ4n) is 5.48. The van der Waals surface area contributed by atoms with Gasteiger partial charge in [0.25, 0.3) is 0 Å². The van der Waals surface area contributed by atoms with Gasteiger partial charge < -0.3 is 5.73 Å². The first-order valence-electron chi connectivity index (χ1n) is 12.2. The van der Waals surface area contributed by atoms with Crippen LogP contribution < -0.4 is 5.73 Å². The zero-order valence-corrected chi connectivity index (χ0v) is 18.7. The number of aryl methyl sites for hydroxylation is 1. The van der Waals surface area contributed by atoms with Gasteiger partial charge >= 0.3 is 0 Å². The quantitative estimate of drug-likeness (QED) is 0.112. The minimum atomic E-state index is 0.856. The molecule has 158 valence electrons. The number of nitrogens with two attached hydrogens (primary N) is 1. The molecule has 0 aromatic heterocycles. The zero-order valence-electron chi connectivity index (χ0n) is 18.7. The third-order valence-corrected chi connectivity index (χ3v) is 6.99. The fourth-order valence-corrected chi connectivity index (χ4v) is 5.48. The van der Waals surface area contributed by atoms with Crippen LogP contribution in [0.3, 0.4) is 0 Å². The van der Waals surface area contributed by atoms with E-state index in [9.17, 15) is 0 Å². The molecular weight excluding hydrogens is 374 g/mol. The Balaban J connectivity index is 1.55. The molecule has 0 unspecified atom stereocenters. The molecule has 0 fully saturated rings. The van der Waals surface area contributed by atoms with Crippen LogP contribution >= 0.6 is 0 Å². The van der Waals surface area contributed by atoms with Gasteiger partial charge in [0.1, 0.15) is 0 Å². The molecule has 0 bridgehead atoms.